The van der Waals surface area contributed by atoms with Crippen molar-refractivity contribution in [3.05, 3.63) is 17.3 Å². The predicted octanol–water partition coefficient (Wildman–Crippen LogP) is 2.18. The summed E-state index contributed by atoms with van der Waals surface area (Å²) in [5.74, 6) is 1.37. The first-order valence-corrected chi connectivity index (χ1v) is 6.18. The number of piperidine rings is 1. The fourth-order valence-electron chi connectivity index (χ4n) is 2.21. The first-order chi connectivity index (χ1) is 8.11. The van der Waals surface area contributed by atoms with Crippen LogP contribution in [0.2, 0.25) is 5.02 Å². The maximum atomic E-state index is 6.17. The average molecular weight is 256 g/mol. The third-order valence-electron chi connectivity index (χ3n) is 3.33. The van der Waals surface area contributed by atoms with Crippen LogP contribution in [0, 0.1) is 5.92 Å². The zero-order valence-electron chi connectivity index (χ0n) is 10.2. The Balaban J connectivity index is 2.17. The fraction of sp³-hybridized carbons (Fsp3) is 0.583. The fourth-order valence-corrected chi connectivity index (χ4v) is 2.51. The summed E-state index contributed by atoms with van der Waals surface area (Å²) >= 11 is 6.17. The number of methoxy groups -OCH3 is 1. The molecule has 0 spiro atoms. The predicted molar refractivity (Wildman–Crippen MR) is 70.5 cm³/mol. The van der Waals surface area contributed by atoms with E-state index in [9.17, 15) is 0 Å². The van der Waals surface area contributed by atoms with Crippen molar-refractivity contribution in [2.24, 2.45) is 5.92 Å². The van der Waals surface area contributed by atoms with Crippen molar-refractivity contribution in [2.45, 2.75) is 19.4 Å². The molecule has 1 aliphatic rings. The second kappa shape index (κ2) is 5.10. The molecule has 1 aromatic rings. The highest BCUT2D eigenvalue weighted by atomic mass is 35.5. The van der Waals surface area contributed by atoms with Gasteiger partial charge in [0, 0.05) is 20.2 Å². The maximum Gasteiger partial charge on any atom is 0.147 e. The number of nitrogens with zero attached hydrogens (tertiary/aromatic N) is 2. The number of pyridine rings is 1. The first-order valence-electron chi connectivity index (χ1n) is 5.80. The van der Waals surface area contributed by atoms with Crippen molar-refractivity contribution >= 4 is 23.1 Å². The summed E-state index contributed by atoms with van der Waals surface area (Å²) in [6.07, 6.45) is 2.96. The first kappa shape index (κ1) is 12.5. The van der Waals surface area contributed by atoms with E-state index in [0.717, 1.165) is 25.3 Å². The molecule has 0 amide bonds. The Morgan fingerprint density at radius 1 is 1.59 bits per heavy atom. The summed E-state index contributed by atoms with van der Waals surface area (Å²) in [6, 6.07) is 1.74. The van der Waals surface area contributed by atoms with Gasteiger partial charge in [0.25, 0.3) is 0 Å². The van der Waals surface area contributed by atoms with Crippen LogP contribution >= 0.6 is 11.6 Å². The number of rotatable bonds is 2. The Labute approximate surface area is 107 Å². The molecule has 0 bridgehead atoms. The summed E-state index contributed by atoms with van der Waals surface area (Å²) in [5, 5.41) is 0.606. The van der Waals surface area contributed by atoms with E-state index in [1.165, 1.54) is 0 Å². The van der Waals surface area contributed by atoms with Gasteiger partial charge in [-0.15, -0.1) is 0 Å². The number of aromatic nitrogens is 1. The zero-order chi connectivity index (χ0) is 12.4. The van der Waals surface area contributed by atoms with Gasteiger partial charge < -0.3 is 15.4 Å². The molecule has 2 unspecified atom stereocenters. The second-order valence-electron chi connectivity index (χ2n) is 4.56. The van der Waals surface area contributed by atoms with Gasteiger partial charge in [0.15, 0.2) is 0 Å². The number of anilines is 2. The van der Waals surface area contributed by atoms with Gasteiger partial charge in [-0.05, 0) is 18.4 Å². The van der Waals surface area contributed by atoms with E-state index in [4.69, 9.17) is 22.1 Å². The lowest BCUT2D eigenvalue weighted by Gasteiger charge is -2.37. The van der Waals surface area contributed by atoms with E-state index in [-0.39, 0.29) is 6.10 Å². The highest BCUT2D eigenvalue weighted by Crippen LogP contribution is 2.29. The molecular formula is C12H18ClN3O. The second-order valence-corrected chi connectivity index (χ2v) is 4.97. The van der Waals surface area contributed by atoms with E-state index in [2.05, 4.69) is 16.8 Å². The van der Waals surface area contributed by atoms with Crippen molar-refractivity contribution in [3.8, 4) is 0 Å². The minimum Gasteiger partial charge on any atom is -0.397 e. The smallest absolute Gasteiger partial charge is 0.147 e. The minimum atomic E-state index is 0.235. The summed E-state index contributed by atoms with van der Waals surface area (Å²) in [4.78, 5) is 6.47. The highest BCUT2D eigenvalue weighted by molar-refractivity contribution is 6.33. The van der Waals surface area contributed by atoms with Crippen molar-refractivity contribution in [1.82, 2.24) is 4.98 Å². The Kier molecular flexibility index (Phi) is 3.74. The lowest BCUT2D eigenvalue weighted by Crippen LogP contribution is -2.44. The summed E-state index contributed by atoms with van der Waals surface area (Å²) in [5.41, 5.74) is 6.23. The largest absolute Gasteiger partial charge is 0.397 e. The number of halogens is 1. The van der Waals surface area contributed by atoms with E-state index in [1.807, 2.05) is 0 Å². The van der Waals surface area contributed by atoms with Crippen LogP contribution in [0.4, 0.5) is 11.5 Å². The topological polar surface area (TPSA) is 51.4 Å². The monoisotopic (exact) mass is 255 g/mol. The summed E-state index contributed by atoms with van der Waals surface area (Å²) < 4.78 is 5.48. The van der Waals surface area contributed by atoms with Crippen molar-refractivity contribution in [1.29, 1.82) is 0 Å². The third-order valence-corrected chi connectivity index (χ3v) is 3.61. The number of nitrogens with two attached hydrogens (primary N) is 1. The van der Waals surface area contributed by atoms with Gasteiger partial charge in [0.05, 0.1) is 23.0 Å². The van der Waals surface area contributed by atoms with Gasteiger partial charge in [0.2, 0.25) is 0 Å². The number of hydrogen-bond donors (Lipinski definition) is 1. The van der Waals surface area contributed by atoms with Crippen LogP contribution in [-0.4, -0.2) is 31.3 Å². The molecule has 1 fully saturated rings. The minimum absolute atomic E-state index is 0.235. The van der Waals surface area contributed by atoms with Gasteiger partial charge in [-0.1, -0.05) is 18.5 Å². The number of hydrogen-bond acceptors (Lipinski definition) is 4. The molecule has 5 heteroatoms. The molecule has 2 N–H and O–H groups in total. The normalized spacial score (nSPS) is 25.0. The van der Waals surface area contributed by atoms with Gasteiger partial charge >= 0.3 is 0 Å². The van der Waals surface area contributed by atoms with Crippen molar-refractivity contribution in [3.63, 3.8) is 0 Å². The van der Waals surface area contributed by atoms with Crippen LogP contribution in [0.3, 0.4) is 0 Å². The zero-order valence-corrected chi connectivity index (χ0v) is 10.9. The van der Waals surface area contributed by atoms with Gasteiger partial charge in [-0.25, -0.2) is 4.98 Å². The average Bonchev–Trinajstić information content (AvgIpc) is 2.30. The Hall–Kier alpha value is -1.00. The van der Waals surface area contributed by atoms with Crippen molar-refractivity contribution in [2.75, 3.05) is 30.8 Å². The number of nitrogen functional groups attached to an aromatic ring is 1. The molecule has 2 rings (SSSR count). The quantitative estimate of drug-likeness (QED) is 0.880. The van der Waals surface area contributed by atoms with E-state index in [0.29, 0.717) is 16.6 Å². The molecule has 0 aromatic carbocycles. The van der Waals surface area contributed by atoms with Crippen LogP contribution in [0.15, 0.2) is 12.3 Å². The molecule has 1 aromatic heterocycles. The van der Waals surface area contributed by atoms with Crippen molar-refractivity contribution < 1.29 is 4.74 Å². The van der Waals surface area contributed by atoms with E-state index >= 15 is 0 Å². The highest BCUT2D eigenvalue weighted by Gasteiger charge is 2.27. The van der Waals surface area contributed by atoms with E-state index in [1.54, 1.807) is 19.4 Å². The van der Waals surface area contributed by atoms with Gasteiger partial charge in [0.1, 0.15) is 5.82 Å². The molecule has 17 heavy (non-hydrogen) atoms. The summed E-state index contributed by atoms with van der Waals surface area (Å²) in [7, 11) is 1.75. The molecule has 1 saturated heterocycles. The van der Waals surface area contributed by atoms with Gasteiger partial charge in [-0.2, -0.15) is 0 Å². The Bertz CT molecular complexity index is 399. The van der Waals surface area contributed by atoms with Crippen LogP contribution < -0.4 is 10.6 Å². The molecule has 0 saturated carbocycles. The standard InChI is InChI=1S/C12H18ClN3O/c1-8-3-4-16(7-11(8)17-2)12-10(13)5-9(14)6-15-12/h5-6,8,11H,3-4,7,14H2,1-2H3. The Morgan fingerprint density at radius 3 is 3.00 bits per heavy atom. The molecule has 1 aliphatic heterocycles. The lowest BCUT2D eigenvalue weighted by molar-refractivity contribution is 0.0496. The molecule has 94 valence electrons. The van der Waals surface area contributed by atoms with Crippen LogP contribution in [-0.2, 0) is 4.74 Å². The molecule has 4 nitrogen and oxygen atoms in total. The van der Waals surface area contributed by atoms with Crippen LogP contribution in [0.5, 0.6) is 0 Å². The molecule has 0 aliphatic carbocycles. The molecular weight excluding hydrogens is 238 g/mol. The van der Waals surface area contributed by atoms with Crippen LogP contribution in [0.25, 0.3) is 0 Å². The SMILES string of the molecule is COC1CN(c2ncc(N)cc2Cl)CCC1C. The van der Waals surface area contributed by atoms with Gasteiger partial charge in [-0.3, -0.25) is 0 Å². The maximum absolute atomic E-state index is 6.17. The Morgan fingerprint density at radius 2 is 2.35 bits per heavy atom. The molecule has 2 atom stereocenters. The van der Waals surface area contributed by atoms with Crippen LogP contribution in [0.1, 0.15) is 13.3 Å². The lowest BCUT2D eigenvalue weighted by atomic mass is 9.96. The molecule has 2 heterocycles. The summed E-state index contributed by atoms with van der Waals surface area (Å²) in [6.45, 7) is 4.00. The van der Waals surface area contributed by atoms with E-state index < -0.39 is 0 Å². The molecule has 0 radical (unpaired) electrons. The third kappa shape index (κ3) is 2.64. The number of ether oxygens (including phenoxy) is 1.